The first kappa shape index (κ1) is 31.1. The lowest BCUT2D eigenvalue weighted by Gasteiger charge is -2.20. The Hall–Kier alpha value is -3.80. The first-order valence-electron chi connectivity index (χ1n) is 13.0. The van der Waals surface area contributed by atoms with Crippen LogP contribution in [0.2, 0.25) is 10.0 Å². The number of hydrogen-bond acceptors (Lipinski definition) is 8. The zero-order chi connectivity index (χ0) is 30.3. The lowest BCUT2D eigenvalue weighted by molar-refractivity contribution is -0.123. The topological polar surface area (TPSA) is 131 Å². The fourth-order valence-corrected chi connectivity index (χ4v) is 4.94. The van der Waals surface area contributed by atoms with Gasteiger partial charge in [-0.25, -0.2) is 0 Å². The highest BCUT2D eigenvalue weighted by Gasteiger charge is 2.19. The summed E-state index contributed by atoms with van der Waals surface area (Å²) in [4.78, 5) is 24.8. The van der Waals surface area contributed by atoms with Crippen molar-refractivity contribution < 1.29 is 19.4 Å². The number of ether oxygens (including phenoxy) is 1. The number of carbonyl (C=O) groups is 2. The van der Waals surface area contributed by atoms with Crippen molar-refractivity contribution in [2.75, 3.05) is 24.2 Å². The highest BCUT2D eigenvalue weighted by Crippen LogP contribution is 2.31. The molecule has 0 fully saturated rings. The minimum atomic E-state index is -0.313. The molecule has 0 saturated carbocycles. The highest BCUT2D eigenvalue weighted by atomic mass is 35.5. The van der Waals surface area contributed by atoms with Crippen LogP contribution in [0.25, 0.3) is 5.69 Å². The van der Waals surface area contributed by atoms with Crippen LogP contribution in [0, 0.1) is 0 Å². The third-order valence-corrected chi connectivity index (χ3v) is 7.61. The van der Waals surface area contributed by atoms with Crippen LogP contribution < -0.4 is 15.4 Å². The van der Waals surface area contributed by atoms with Crippen LogP contribution in [-0.4, -0.2) is 56.0 Å². The van der Waals surface area contributed by atoms with E-state index in [4.69, 9.17) is 27.9 Å². The minimum Gasteiger partial charge on any atom is -0.508 e. The molecule has 0 radical (unpaired) electrons. The molecule has 4 rings (SSSR count). The van der Waals surface area contributed by atoms with Gasteiger partial charge in [0.2, 0.25) is 11.1 Å². The predicted molar refractivity (Wildman–Crippen MR) is 164 cm³/mol. The van der Waals surface area contributed by atoms with Gasteiger partial charge in [-0.05, 0) is 69.8 Å². The van der Waals surface area contributed by atoms with Crippen LogP contribution in [0.15, 0.2) is 65.8 Å². The van der Waals surface area contributed by atoms with E-state index in [9.17, 15) is 14.7 Å². The average molecular weight is 630 g/mol. The lowest BCUT2D eigenvalue weighted by atomic mass is 9.87. The molecule has 1 heterocycles. The smallest absolute Gasteiger partial charge is 0.257 e. The monoisotopic (exact) mass is 628 g/mol. The summed E-state index contributed by atoms with van der Waals surface area (Å²) in [6.45, 7) is 6.55. The summed E-state index contributed by atoms with van der Waals surface area (Å²) in [5.41, 5.74) is 3.02. The summed E-state index contributed by atoms with van der Waals surface area (Å²) in [5.74, 6) is 0.00777. The summed E-state index contributed by atoms with van der Waals surface area (Å²) in [5, 5.41) is 27.8. The molecular weight excluding hydrogens is 599 g/mol. The van der Waals surface area contributed by atoms with Crippen LogP contribution in [0.4, 0.5) is 5.69 Å². The molecule has 0 aliphatic carbocycles. The third kappa shape index (κ3) is 8.60. The number of thioether (sulfide) groups is 1. The number of tetrazole rings is 1. The first-order chi connectivity index (χ1) is 20.0. The van der Waals surface area contributed by atoms with Crippen molar-refractivity contribution in [2.24, 2.45) is 0 Å². The van der Waals surface area contributed by atoms with E-state index in [0.717, 1.165) is 22.9 Å². The van der Waals surface area contributed by atoms with Gasteiger partial charge in [-0.3, -0.25) is 9.59 Å². The fraction of sp³-hybridized carbons (Fsp3) is 0.276. The van der Waals surface area contributed by atoms with Gasteiger partial charge in [0.15, 0.2) is 6.61 Å². The molecule has 3 aromatic carbocycles. The van der Waals surface area contributed by atoms with Crippen molar-refractivity contribution in [2.45, 2.75) is 37.8 Å². The lowest BCUT2D eigenvalue weighted by Crippen LogP contribution is -2.30. The molecule has 0 spiro atoms. The molecule has 0 aliphatic heterocycles. The fourth-order valence-electron chi connectivity index (χ4n) is 3.78. The number of nitrogens with zero attached hydrogens (tertiary/aromatic N) is 4. The number of benzene rings is 3. The minimum absolute atomic E-state index is 0.0248. The second-order valence-electron chi connectivity index (χ2n) is 10.3. The van der Waals surface area contributed by atoms with Crippen molar-refractivity contribution in [1.82, 2.24) is 25.5 Å². The van der Waals surface area contributed by atoms with Gasteiger partial charge >= 0.3 is 0 Å². The Morgan fingerprint density at radius 3 is 2.45 bits per heavy atom. The van der Waals surface area contributed by atoms with Gasteiger partial charge in [0.1, 0.15) is 11.5 Å². The van der Waals surface area contributed by atoms with E-state index in [1.807, 2.05) is 18.2 Å². The van der Waals surface area contributed by atoms with Crippen LogP contribution >= 0.6 is 35.0 Å². The number of aromatic hydroxyl groups is 1. The van der Waals surface area contributed by atoms with E-state index in [0.29, 0.717) is 40.3 Å². The van der Waals surface area contributed by atoms with E-state index in [1.165, 1.54) is 10.7 Å². The SMILES string of the molecule is CC(C)(C)c1ccc(-n2nnnc2SCC(=O)Nc2ccc(OCC(=O)NCCc3ccc(O)cc3)cc2Cl)c(Cl)c1. The molecule has 0 saturated heterocycles. The molecule has 4 aromatic rings. The Morgan fingerprint density at radius 1 is 1.00 bits per heavy atom. The van der Waals surface area contributed by atoms with E-state index in [2.05, 4.69) is 46.9 Å². The molecular formula is C29H30Cl2N6O4S. The van der Waals surface area contributed by atoms with Gasteiger partial charge in [-0.2, -0.15) is 4.68 Å². The van der Waals surface area contributed by atoms with Crippen LogP contribution in [-0.2, 0) is 21.4 Å². The largest absolute Gasteiger partial charge is 0.508 e. The normalized spacial score (nSPS) is 11.3. The number of aromatic nitrogens is 4. The zero-order valence-corrected chi connectivity index (χ0v) is 25.6. The van der Waals surface area contributed by atoms with Gasteiger partial charge in [-0.15, -0.1) is 5.10 Å². The van der Waals surface area contributed by atoms with Crippen molar-refractivity contribution >= 4 is 52.5 Å². The Kier molecular flexibility index (Phi) is 10.3. The van der Waals surface area contributed by atoms with Crippen LogP contribution in [0.1, 0.15) is 31.9 Å². The van der Waals surface area contributed by atoms with Crippen molar-refractivity contribution in [3.8, 4) is 17.2 Å². The molecule has 1 aromatic heterocycles. The molecule has 0 aliphatic rings. The Balaban J connectivity index is 1.25. The molecule has 220 valence electrons. The van der Waals surface area contributed by atoms with E-state index < -0.39 is 0 Å². The maximum absolute atomic E-state index is 12.7. The molecule has 10 nitrogen and oxygen atoms in total. The molecule has 13 heteroatoms. The molecule has 3 N–H and O–H groups in total. The van der Waals surface area contributed by atoms with Gasteiger partial charge in [0.25, 0.3) is 5.91 Å². The number of phenols is 1. The predicted octanol–water partition coefficient (Wildman–Crippen LogP) is 5.44. The quantitative estimate of drug-likeness (QED) is 0.187. The number of hydrogen-bond donors (Lipinski definition) is 3. The van der Waals surface area contributed by atoms with Gasteiger partial charge in [0.05, 0.1) is 27.2 Å². The highest BCUT2D eigenvalue weighted by molar-refractivity contribution is 7.99. The number of halogens is 2. The molecule has 0 atom stereocenters. The van der Waals surface area contributed by atoms with E-state index >= 15 is 0 Å². The summed E-state index contributed by atoms with van der Waals surface area (Å²) >= 11 is 14.0. The van der Waals surface area contributed by atoms with E-state index in [1.54, 1.807) is 36.4 Å². The summed E-state index contributed by atoms with van der Waals surface area (Å²) in [6.07, 6.45) is 0.623. The number of nitrogens with one attached hydrogen (secondary N) is 2. The van der Waals surface area contributed by atoms with Crippen molar-refractivity contribution in [3.63, 3.8) is 0 Å². The van der Waals surface area contributed by atoms with E-state index in [-0.39, 0.29) is 40.4 Å². The molecule has 42 heavy (non-hydrogen) atoms. The Labute approximate surface area is 257 Å². The summed E-state index contributed by atoms with van der Waals surface area (Å²) in [7, 11) is 0. The average Bonchev–Trinajstić information content (AvgIpc) is 3.41. The van der Waals surface area contributed by atoms with Gasteiger partial charge < -0.3 is 20.5 Å². The van der Waals surface area contributed by atoms with Crippen LogP contribution in [0.5, 0.6) is 11.5 Å². The standard InChI is InChI=1S/C29H30Cl2N6O4S/c1-29(2,3)19-6-11-25(23(31)14-19)37-28(34-35-36-37)42-17-27(40)33-24-10-9-21(15-22(24)30)41-16-26(39)32-13-12-18-4-7-20(38)8-5-18/h4-11,14-15,38H,12-13,16-17H2,1-3H3,(H,32,39)(H,33,40). The first-order valence-corrected chi connectivity index (χ1v) is 14.7. The summed E-state index contributed by atoms with van der Waals surface area (Å²) in [6, 6.07) is 17.3. The second-order valence-corrected chi connectivity index (χ2v) is 12.1. The Morgan fingerprint density at radius 2 is 1.76 bits per heavy atom. The maximum atomic E-state index is 12.7. The van der Waals surface area contributed by atoms with Crippen molar-refractivity contribution in [3.05, 3.63) is 81.8 Å². The number of carbonyl (C=O) groups excluding carboxylic acids is 2. The number of anilines is 1. The number of rotatable bonds is 11. The second kappa shape index (κ2) is 13.9. The van der Waals surface area contributed by atoms with Crippen LogP contribution in [0.3, 0.4) is 0 Å². The van der Waals surface area contributed by atoms with Gasteiger partial charge in [0, 0.05) is 12.6 Å². The number of phenolic OH excluding ortho intramolecular Hbond substituents is 1. The maximum Gasteiger partial charge on any atom is 0.257 e. The Bertz CT molecular complexity index is 1560. The summed E-state index contributed by atoms with van der Waals surface area (Å²) < 4.78 is 7.03. The van der Waals surface area contributed by atoms with Gasteiger partial charge in [-0.1, -0.05) is 73.9 Å². The molecule has 0 unspecified atom stereocenters. The molecule has 2 amide bonds. The molecule has 0 bridgehead atoms. The zero-order valence-electron chi connectivity index (χ0n) is 23.2. The third-order valence-electron chi connectivity index (χ3n) is 6.07. The number of amides is 2. The van der Waals surface area contributed by atoms with Crippen molar-refractivity contribution in [1.29, 1.82) is 0 Å².